The molecule has 4 heterocycles. The summed E-state index contributed by atoms with van der Waals surface area (Å²) in [4.78, 5) is 49.4. The van der Waals surface area contributed by atoms with Crippen molar-refractivity contribution in [3.63, 3.8) is 0 Å². The minimum Gasteiger partial charge on any atom is -0.490 e. The first-order valence-corrected chi connectivity index (χ1v) is 11.1. The Kier molecular flexibility index (Phi) is 4.82. The van der Waals surface area contributed by atoms with Gasteiger partial charge in [0.25, 0.3) is 17.7 Å². The lowest BCUT2D eigenvalue weighted by Crippen LogP contribution is -2.63. The van der Waals surface area contributed by atoms with Crippen LogP contribution in [0.4, 0.5) is 10.8 Å². The van der Waals surface area contributed by atoms with Gasteiger partial charge in [0.05, 0.1) is 31.6 Å². The van der Waals surface area contributed by atoms with Gasteiger partial charge in [-0.15, -0.1) is 0 Å². The zero-order valence-electron chi connectivity index (χ0n) is 17.9. The van der Waals surface area contributed by atoms with Gasteiger partial charge in [0.15, 0.2) is 5.13 Å². The molecule has 11 heteroatoms. The standard InChI is InChI=1S/C21H23N5O5S/c1-21(2)9-12-16(18(28)24-21)32-20(23-12)25-6-7-31-15-5-4-11(8-14(15)25)17(27)22-13-10-26(30-3)19(13)29/h4-5,8,13H,6-7,9-10H2,1-3H3,(H,22,27)(H,24,28)/t13-/m1/s1. The number of fused-ring (bicyclic) bond motifs is 2. The molecule has 3 amide bonds. The summed E-state index contributed by atoms with van der Waals surface area (Å²) in [5, 5.41) is 7.61. The summed E-state index contributed by atoms with van der Waals surface area (Å²) in [6, 6.07) is 4.53. The second kappa shape index (κ2) is 7.45. The zero-order valence-corrected chi connectivity index (χ0v) is 18.7. The first-order chi connectivity index (χ1) is 15.3. The predicted octanol–water partition coefficient (Wildman–Crippen LogP) is 1.24. The van der Waals surface area contributed by atoms with E-state index in [1.54, 1.807) is 18.2 Å². The number of nitrogens with one attached hydrogen (secondary N) is 2. The number of benzene rings is 1. The van der Waals surface area contributed by atoms with E-state index in [0.717, 1.165) is 5.69 Å². The van der Waals surface area contributed by atoms with Crippen molar-refractivity contribution < 1.29 is 24.0 Å². The first-order valence-electron chi connectivity index (χ1n) is 10.3. The Morgan fingerprint density at radius 2 is 2.19 bits per heavy atom. The van der Waals surface area contributed by atoms with Gasteiger partial charge in [-0.2, -0.15) is 0 Å². The second-order valence-corrected chi connectivity index (χ2v) is 9.56. The molecule has 10 nitrogen and oxygen atoms in total. The van der Waals surface area contributed by atoms with Gasteiger partial charge in [-0.1, -0.05) is 11.3 Å². The van der Waals surface area contributed by atoms with E-state index in [9.17, 15) is 14.4 Å². The van der Waals surface area contributed by atoms with Crippen LogP contribution in [0.3, 0.4) is 0 Å². The van der Waals surface area contributed by atoms with E-state index >= 15 is 0 Å². The molecule has 1 aromatic heterocycles. The molecular formula is C21H23N5O5S. The third-order valence-corrected chi connectivity index (χ3v) is 6.81. The van der Waals surface area contributed by atoms with Gasteiger partial charge >= 0.3 is 0 Å². The van der Waals surface area contributed by atoms with Crippen molar-refractivity contribution in [3.8, 4) is 5.75 Å². The van der Waals surface area contributed by atoms with Crippen LogP contribution in [0.15, 0.2) is 18.2 Å². The molecular weight excluding hydrogens is 434 g/mol. The van der Waals surface area contributed by atoms with E-state index in [4.69, 9.17) is 14.6 Å². The molecule has 0 aliphatic carbocycles. The maximum Gasteiger partial charge on any atom is 0.270 e. The Balaban J connectivity index is 1.41. The lowest BCUT2D eigenvalue weighted by Gasteiger charge is -2.36. The number of nitrogens with zero attached hydrogens (tertiary/aromatic N) is 3. The molecule has 1 fully saturated rings. The normalized spacial score (nSPS) is 21.2. The van der Waals surface area contributed by atoms with E-state index in [1.165, 1.54) is 23.5 Å². The van der Waals surface area contributed by atoms with Gasteiger partial charge < -0.3 is 20.3 Å². The molecule has 2 aromatic rings. The molecule has 0 bridgehead atoms. The fourth-order valence-electron chi connectivity index (χ4n) is 4.05. The molecule has 0 saturated carbocycles. The summed E-state index contributed by atoms with van der Waals surface area (Å²) in [7, 11) is 1.41. The van der Waals surface area contributed by atoms with Crippen molar-refractivity contribution >= 4 is 39.9 Å². The van der Waals surface area contributed by atoms with Crippen molar-refractivity contribution in [1.82, 2.24) is 20.7 Å². The summed E-state index contributed by atoms with van der Waals surface area (Å²) in [6.07, 6.45) is 0.651. The summed E-state index contributed by atoms with van der Waals surface area (Å²) in [5.74, 6) is -0.113. The smallest absolute Gasteiger partial charge is 0.270 e. The number of anilines is 2. The molecule has 1 aromatic carbocycles. The fourth-order valence-corrected chi connectivity index (χ4v) is 5.06. The van der Waals surface area contributed by atoms with Gasteiger partial charge in [-0.3, -0.25) is 19.2 Å². The van der Waals surface area contributed by atoms with E-state index < -0.39 is 6.04 Å². The monoisotopic (exact) mass is 457 g/mol. The average Bonchev–Trinajstić information content (AvgIpc) is 3.18. The van der Waals surface area contributed by atoms with Gasteiger partial charge in [-0.05, 0) is 32.0 Å². The highest BCUT2D eigenvalue weighted by atomic mass is 32.1. The van der Waals surface area contributed by atoms with E-state index in [1.807, 2.05) is 18.7 Å². The summed E-state index contributed by atoms with van der Waals surface area (Å²) in [6.45, 7) is 5.26. The molecule has 2 N–H and O–H groups in total. The van der Waals surface area contributed by atoms with E-state index in [-0.39, 0.29) is 23.3 Å². The van der Waals surface area contributed by atoms with E-state index in [2.05, 4.69) is 10.6 Å². The van der Waals surface area contributed by atoms with Gasteiger partial charge in [0, 0.05) is 17.5 Å². The SMILES string of the molecule is CON1C[C@@H](NC(=O)c2ccc3c(c2)N(c2nc4c(s2)C(=O)NC(C)(C)C4)CCO3)C1=O. The Bertz CT molecular complexity index is 1130. The van der Waals surface area contributed by atoms with Crippen molar-refractivity contribution in [2.45, 2.75) is 31.8 Å². The Hall–Kier alpha value is -3.18. The van der Waals surface area contributed by atoms with Crippen LogP contribution in [0.5, 0.6) is 5.75 Å². The molecule has 1 saturated heterocycles. The van der Waals surface area contributed by atoms with Crippen molar-refractivity contribution in [3.05, 3.63) is 34.3 Å². The molecule has 1 atom stereocenters. The number of carbonyl (C=O) groups excluding carboxylic acids is 3. The van der Waals surface area contributed by atoms with E-state index in [0.29, 0.717) is 53.1 Å². The number of ether oxygens (including phenoxy) is 1. The van der Waals surface area contributed by atoms with Crippen LogP contribution >= 0.6 is 11.3 Å². The zero-order chi connectivity index (χ0) is 22.6. The number of amides is 3. The van der Waals surface area contributed by atoms with Crippen LogP contribution < -0.4 is 20.3 Å². The summed E-state index contributed by atoms with van der Waals surface area (Å²) in [5.41, 5.74) is 1.55. The van der Waals surface area contributed by atoms with Crippen molar-refractivity contribution in [2.24, 2.45) is 0 Å². The molecule has 32 heavy (non-hydrogen) atoms. The second-order valence-electron chi connectivity index (χ2n) is 8.58. The Labute approximate surface area is 188 Å². The highest BCUT2D eigenvalue weighted by Crippen LogP contribution is 2.41. The van der Waals surface area contributed by atoms with Gasteiger partial charge in [0.2, 0.25) is 0 Å². The number of rotatable bonds is 4. The van der Waals surface area contributed by atoms with Crippen LogP contribution in [-0.4, -0.2) is 66.2 Å². The number of β-lactam (4-membered cyclic amide) rings is 1. The van der Waals surface area contributed by atoms with Crippen LogP contribution in [-0.2, 0) is 16.1 Å². The quantitative estimate of drug-likeness (QED) is 0.664. The van der Waals surface area contributed by atoms with Gasteiger partial charge in [-0.25, -0.2) is 10.0 Å². The number of carbonyl (C=O) groups is 3. The molecule has 3 aliphatic rings. The predicted molar refractivity (Wildman–Crippen MR) is 116 cm³/mol. The van der Waals surface area contributed by atoms with Crippen LogP contribution in [0, 0.1) is 0 Å². The summed E-state index contributed by atoms with van der Waals surface area (Å²) < 4.78 is 5.77. The highest BCUT2D eigenvalue weighted by Gasteiger charge is 2.39. The Morgan fingerprint density at radius 3 is 2.94 bits per heavy atom. The Morgan fingerprint density at radius 1 is 1.38 bits per heavy atom. The first kappa shape index (κ1) is 20.7. The molecule has 0 unspecified atom stereocenters. The lowest BCUT2D eigenvalue weighted by atomic mass is 9.94. The maximum absolute atomic E-state index is 12.7. The van der Waals surface area contributed by atoms with Crippen LogP contribution in [0.1, 0.15) is 39.6 Å². The third kappa shape index (κ3) is 3.47. The fraction of sp³-hybridized carbons (Fsp3) is 0.429. The molecule has 3 aliphatic heterocycles. The van der Waals surface area contributed by atoms with Crippen molar-refractivity contribution in [2.75, 3.05) is 31.7 Å². The largest absolute Gasteiger partial charge is 0.490 e. The van der Waals surface area contributed by atoms with Crippen LogP contribution in [0.2, 0.25) is 0 Å². The number of aromatic nitrogens is 1. The van der Waals surface area contributed by atoms with Crippen molar-refractivity contribution in [1.29, 1.82) is 0 Å². The lowest BCUT2D eigenvalue weighted by molar-refractivity contribution is -0.202. The maximum atomic E-state index is 12.7. The number of hydrogen-bond donors (Lipinski definition) is 2. The molecule has 168 valence electrons. The third-order valence-electron chi connectivity index (χ3n) is 5.69. The minimum absolute atomic E-state index is 0.114. The number of thiazole rings is 1. The molecule has 5 rings (SSSR count). The van der Waals surface area contributed by atoms with Gasteiger partial charge in [0.1, 0.15) is 23.3 Å². The topological polar surface area (TPSA) is 113 Å². The highest BCUT2D eigenvalue weighted by molar-refractivity contribution is 7.17. The average molecular weight is 458 g/mol. The molecule has 0 spiro atoms. The number of hydrogen-bond acceptors (Lipinski definition) is 8. The molecule has 0 radical (unpaired) electrons. The summed E-state index contributed by atoms with van der Waals surface area (Å²) >= 11 is 1.34. The van der Waals surface area contributed by atoms with Crippen LogP contribution in [0.25, 0.3) is 0 Å². The number of hydroxylamine groups is 2. The minimum atomic E-state index is -0.599.